The first-order valence-corrected chi connectivity index (χ1v) is 5.77. The molecule has 1 amide bonds. The fourth-order valence-corrected chi connectivity index (χ4v) is 2.10. The largest absolute Gasteiger partial charge is 0.406 e. The molecule has 2 atom stereocenters. The molecule has 0 spiro atoms. The third-order valence-electron chi connectivity index (χ3n) is 2.98. The fraction of sp³-hybridized carbons (Fsp3) is 0.417. The SMILES string of the molecule is CC1NC(c2ccc(F)c(F)c2)N(CC(F)(F)F)C1=O. The summed E-state index contributed by atoms with van der Waals surface area (Å²) in [5, 5.41) is 2.63. The Balaban J connectivity index is 2.32. The summed E-state index contributed by atoms with van der Waals surface area (Å²) in [7, 11) is 0. The van der Waals surface area contributed by atoms with Crippen molar-refractivity contribution < 1.29 is 26.7 Å². The summed E-state index contributed by atoms with van der Waals surface area (Å²) in [5.74, 6) is -3.02. The molecule has 1 N–H and O–H groups in total. The van der Waals surface area contributed by atoms with E-state index in [9.17, 15) is 26.7 Å². The highest BCUT2D eigenvalue weighted by molar-refractivity contribution is 5.84. The molecule has 1 saturated heterocycles. The van der Waals surface area contributed by atoms with Gasteiger partial charge < -0.3 is 4.90 Å². The minimum atomic E-state index is -4.57. The molecule has 0 aromatic heterocycles. The second kappa shape index (κ2) is 5.01. The van der Waals surface area contributed by atoms with Gasteiger partial charge in [0.05, 0.1) is 6.04 Å². The molecule has 1 heterocycles. The normalized spacial score (nSPS) is 23.5. The van der Waals surface area contributed by atoms with Crippen LogP contribution in [0.5, 0.6) is 0 Å². The highest BCUT2D eigenvalue weighted by Crippen LogP contribution is 2.29. The standard InChI is InChI=1S/C12H11F5N2O/c1-6-11(20)19(5-12(15,16)17)10(18-6)7-2-3-8(13)9(14)4-7/h2-4,6,10,18H,5H2,1H3. The van der Waals surface area contributed by atoms with E-state index in [2.05, 4.69) is 5.32 Å². The van der Waals surface area contributed by atoms with E-state index in [1.807, 2.05) is 0 Å². The van der Waals surface area contributed by atoms with E-state index in [1.165, 1.54) is 6.92 Å². The molecular formula is C12H11F5N2O. The van der Waals surface area contributed by atoms with Crippen LogP contribution in [0.1, 0.15) is 18.7 Å². The van der Waals surface area contributed by atoms with E-state index >= 15 is 0 Å². The zero-order valence-corrected chi connectivity index (χ0v) is 10.3. The number of carbonyl (C=O) groups excluding carboxylic acids is 1. The molecule has 1 aliphatic heterocycles. The van der Waals surface area contributed by atoms with Gasteiger partial charge in [-0.05, 0) is 24.6 Å². The number of hydrogen-bond donors (Lipinski definition) is 1. The monoisotopic (exact) mass is 294 g/mol. The molecule has 1 aromatic carbocycles. The van der Waals surface area contributed by atoms with Crippen molar-refractivity contribution in [2.45, 2.75) is 25.3 Å². The number of benzene rings is 1. The highest BCUT2D eigenvalue weighted by Gasteiger charge is 2.43. The lowest BCUT2D eigenvalue weighted by atomic mass is 10.1. The fourth-order valence-electron chi connectivity index (χ4n) is 2.10. The average molecular weight is 294 g/mol. The van der Waals surface area contributed by atoms with Crippen molar-refractivity contribution in [1.82, 2.24) is 10.2 Å². The van der Waals surface area contributed by atoms with Crippen molar-refractivity contribution in [2.24, 2.45) is 0 Å². The molecule has 0 saturated carbocycles. The molecule has 1 aromatic rings. The van der Waals surface area contributed by atoms with Gasteiger partial charge in [0.25, 0.3) is 0 Å². The lowest BCUT2D eigenvalue weighted by molar-refractivity contribution is -0.161. The summed E-state index contributed by atoms with van der Waals surface area (Å²) in [5.41, 5.74) is 0.0610. The Morgan fingerprint density at radius 3 is 2.45 bits per heavy atom. The van der Waals surface area contributed by atoms with Gasteiger partial charge in [0.1, 0.15) is 12.7 Å². The molecule has 2 rings (SSSR count). The predicted octanol–water partition coefficient (Wildman–Crippen LogP) is 2.35. The summed E-state index contributed by atoms with van der Waals surface area (Å²) in [6.07, 6.45) is -5.70. The molecule has 2 unspecified atom stereocenters. The number of halogens is 5. The number of rotatable bonds is 2. The Labute approximate surface area is 111 Å². The summed E-state index contributed by atoms with van der Waals surface area (Å²) in [6.45, 7) is -0.0432. The summed E-state index contributed by atoms with van der Waals surface area (Å²) in [6, 6.07) is 1.91. The van der Waals surface area contributed by atoms with E-state index in [0.717, 1.165) is 18.2 Å². The van der Waals surface area contributed by atoms with Gasteiger partial charge >= 0.3 is 6.18 Å². The second-order valence-electron chi connectivity index (χ2n) is 4.55. The number of nitrogens with zero attached hydrogens (tertiary/aromatic N) is 1. The smallest absolute Gasteiger partial charge is 0.312 e. The van der Waals surface area contributed by atoms with Gasteiger partial charge in [-0.2, -0.15) is 13.2 Å². The summed E-state index contributed by atoms with van der Waals surface area (Å²) >= 11 is 0. The number of amides is 1. The quantitative estimate of drug-likeness (QED) is 0.849. The lowest BCUT2D eigenvalue weighted by Crippen LogP contribution is -2.38. The molecule has 0 radical (unpaired) electrons. The first kappa shape index (κ1) is 14.7. The highest BCUT2D eigenvalue weighted by atomic mass is 19.4. The van der Waals surface area contributed by atoms with Crippen molar-refractivity contribution in [3.05, 3.63) is 35.4 Å². The van der Waals surface area contributed by atoms with E-state index in [1.54, 1.807) is 0 Å². The van der Waals surface area contributed by atoms with E-state index in [0.29, 0.717) is 4.90 Å². The van der Waals surface area contributed by atoms with Crippen LogP contribution in [0.25, 0.3) is 0 Å². The van der Waals surface area contributed by atoms with E-state index < -0.39 is 42.5 Å². The summed E-state index contributed by atoms with van der Waals surface area (Å²) < 4.78 is 63.5. The van der Waals surface area contributed by atoms with Gasteiger partial charge in [0, 0.05) is 0 Å². The van der Waals surface area contributed by atoms with Gasteiger partial charge in [0.15, 0.2) is 11.6 Å². The maximum absolute atomic E-state index is 13.2. The van der Waals surface area contributed by atoms with Crippen molar-refractivity contribution in [3.63, 3.8) is 0 Å². The van der Waals surface area contributed by atoms with Crippen LogP contribution in [0.4, 0.5) is 22.0 Å². The van der Waals surface area contributed by atoms with Crippen LogP contribution in [0.15, 0.2) is 18.2 Å². The summed E-state index contributed by atoms with van der Waals surface area (Å²) in [4.78, 5) is 12.3. The van der Waals surface area contributed by atoms with Crippen LogP contribution in [-0.4, -0.2) is 29.6 Å². The number of carbonyl (C=O) groups is 1. The van der Waals surface area contributed by atoms with Crippen molar-refractivity contribution in [2.75, 3.05) is 6.54 Å². The maximum atomic E-state index is 13.2. The van der Waals surface area contributed by atoms with Crippen LogP contribution in [0, 0.1) is 11.6 Å². The topological polar surface area (TPSA) is 32.3 Å². The predicted molar refractivity (Wildman–Crippen MR) is 59.5 cm³/mol. The van der Waals surface area contributed by atoms with Crippen LogP contribution >= 0.6 is 0 Å². The molecule has 3 nitrogen and oxygen atoms in total. The Hall–Kier alpha value is -1.70. The second-order valence-corrected chi connectivity index (χ2v) is 4.55. The Bertz CT molecular complexity index is 531. The molecule has 0 bridgehead atoms. The minimum Gasteiger partial charge on any atom is -0.312 e. The van der Waals surface area contributed by atoms with Crippen molar-refractivity contribution >= 4 is 5.91 Å². The molecule has 1 aliphatic rings. The third-order valence-corrected chi connectivity index (χ3v) is 2.98. The van der Waals surface area contributed by atoms with Crippen LogP contribution in [-0.2, 0) is 4.79 Å². The molecule has 8 heteroatoms. The Kier molecular flexibility index (Phi) is 3.68. The first-order chi connectivity index (χ1) is 9.19. The zero-order chi connectivity index (χ0) is 15.1. The van der Waals surface area contributed by atoms with Crippen molar-refractivity contribution in [3.8, 4) is 0 Å². The van der Waals surface area contributed by atoms with Gasteiger partial charge in [0.2, 0.25) is 5.91 Å². The van der Waals surface area contributed by atoms with Gasteiger partial charge in [-0.3, -0.25) is 10.1 Å². The molecule has 1 fully saturated rings. The number of nitrogens with one attached hydrogen (secondary N) is 1. The molecule has 20 heavy (non-hydrogen) atoms. The van der Waals surface area contributed by atoms with Crippen LogP contribution in [0.3, 0.4) is 0 Å². The van der Waals surface area contributed by atoms with Gasteiger partial charge in [-0.15, -0.1) is 0 Å². The Morgan fingerprint density at radius 1 is 1.25 bits per heavy atom. The average Bonchev–Trinajstić information content (AvgIpc) is 2.59. The van der Waals surface area contributed by atoms with Crippen LogP contribution in [0.2, 0.25) is 0 Å². The number of alkyl halides is 3. The first-order valence-electron chi connectivity index (χ1n) is 5.77. The zero-order valence-electron chi connectivity index (χ0n) is 10.3. The maximum Gasteiger partial charge on any atom is 0.406 e. The Morgan fingerprint density at radius 2 is 1.90 bits per heavy atom. The molecular weight excluding hydrogens is 283 g/mol. The van der Waals surface area contributed by atoms with Gasteiger partial charge in [-0.25, -0.2) is 8.78 Å². The van der Waals surface area contributed by atoms with E-state index in [4.69, 9.17) is 0 Å². The number of hydrogen-bond acceptors (Lipinski definition) is 2. The van der Waals surface area contributed by atoms with E-state index in [-0.39, 0.29) is 5.56 Å². The minimum absolute atomic E-state index is 0.0610. The molecule has 0 aliphatic carbocycles. The van der Waals surface area contributed by atoms with Crippen molar-refractivity contribution in [1.29, 1.82) is 0 Å². The third kappa shape index (κ3) is 2.90. The molecule has 110 valence electrons. The van der Waals surface area contributed by atoms with Gasteiger partial charge in [-0.1, -0.05) is 6.07 Å². The van der Waals surface area contributed by atoms with Crippen LogP contribution < -0.4 is 5.32 Å². The lowest BCUT2D eigenvalue weighted by Gasteiger charge is -2.25.